The van der Waals surface area contributed by atoms with Crippen LogP contribution in [0, 0.1) is 6.92 Å². The first-order chi connectivity index (χ1) is 13.5. The zero-order valence-electron chi connectivity index (χ0n) is 16.1. The summed E-state index contributed by atoms with van der Waals surface area (Å²) in [6.07, 6.45) is 1.63. The van der Waals surface area contributed by atoms with Crippen LogP contribution in [0.2, 0.25) is 0 Å². The number of hydrogen-bond acceptors (Lipinski definition) is 3. The van der Waals surface area contributed by atoms with Crippen LogP contribution >= 0.6 is 0 Å². The molecule has 5 nitrogen and oxygen atoms in total. The van der Waals surface area contributed by atoms with Gasteiger partial charge < -0.3 is 15.6 Å². The van der Waals surface area contributed by atoms with E-state index in [-0.39, 0.29) is 16.8 Å². The second kappa shape index (κ2) is 7.24. The van der Waals surface area contributed by atoms with E-state index in [0.29, 0.717) is 36.2 Å². The molecule has 0 aliphatic carbocycles. The fourth-order valence-corrected chi connectivity index (χ4v) is 4.19. The van der Waals surface area contributed by atoms with Gasteiger partial charge in [-0.1, -0.05) is 42.0 Å². The van der Waals surface area contributed by atoms with E-state index in [0.717, 1.165) is 18.4 Å². The van der Waals surface area contributed by atoms with Crippen LogP contribution < -0.4 is 11.2 Å². The van der Waals surface area contributed by atoms with Crippen molar-refractivity contribution in [3.8, 4) is 0 Å². The van der Waals surface area contributed by atoms with E-state index in [1.807, 2.05) is 48.2 Å². The highest BCUT2D eigenvalue weighted by Gasteiger charge is 2.36. The van der Waals surface area contributed by atoms with Crippen molar-refractivity contribution < 1.29 is 4.79 Å². The van der Waals surface area contributed by atoms with E-state index in [9.17, 15) is 9.59 Å². The maximum Gasteiger partial charge on any atom is 0.270 e. The van der Waals surface area contributed by atoms with Gasteiger partial charge in [-0.05, 0) is 37.5 Å². The zero-order chi connectivity index (χ0) is 19.7. The Labute approximate surface area is 164 Å². The van der Waals surface area contributed by atoms with Gasteiger partial charge in [0.2, 0.25) is 0 Å². The Balaban J connectivity index is 1.57. The molecule has 1 saturated heterocycles. The summed E-state index contributed by atoms with van der Waals surface area (Å²) in [5, 5.41) is 0.612. The molecule has 3 aromatic rings. The van der Waals surface area contributed by atoms with Crippen molar-refractivity contribution in [2.75, 3.05) is 19.6 Å². The lowest BCUT2D eigenvalue weighted by Crippen LogP contribution is -2.48. The number of nitrogens with two attached hydrogens (primary N) is 1. The lowest BCUT2D eigenvalue weighted by molar-refractivity contribution is 0.0664. The van der Waals surface area contributed by atoms with Gasteiger partial charge in [-0.25, -0.2) is 0 Å². The van der Waals surface area contributed by atoms with Gasteiger partial charge in [0.1, 0.15) is 5.69 Å². The Bertz CT molecular complexity index is 1060. The van der Waals surface area contributed by atoms with E-state index >= 15 is 0 Å². The smallest absolute Gasteiger partial charge is 0.270 e. The standard InChI is InChI=1S/C23H25N3O2/c1-16-7-8-19-18(13-16)21(27)14-20(25-19)22(28)26-11-9-23(15-24,10-12-26)17-5-3-2-4-6-17/h2-8,13-14H,9-12,15,24H2,1H3,(H,25,27). The predicted octanol–water partition coefficient (Wildman–Crippen LogP) is 2.97. The maximum atomic E-state index is 13.0. The quantitative estimate of drug-likeness (QED) is 0.739. The number of H-pyrrole nitrogens is 1. The number of rotatable bonds is 3. The topological polar surface area (TPSA) is 79.2 Å². The molecule has 0 radical (unpaired) electrons. The summed E-state index contributed by atoms with van der Waals surface area (Å²) in [4.78, 5) is 30.5. The molecule has 2 heterocycles. The van der Waals surface area contributed by atoms with Crippen molar-refractivity contribution in [3.05, 3.63) is 81.6 Å². The van der Waals surface area contributed by atoms with Crippen molar-refractivity contribution in [1.29, 1.82) is 0 Å². The van der Waals surface area contributed by atoms with Crippen LogP contribution in [0.25, 0.3) is 10.9 Å². The van der Waals surface area contributed by atoms with Gasteiger partial charge in [0.05, 0.1) is 0 Å². The number of pyridine rings is 1. The normalized spacial score (nSPS) is 16.3. The monoisotopic (exact) mass is 375 g/mol. The molecule has 2 aromatic carbocycles. The third-order valence-corrected chi connectivity index (χ3v) is 6.00. The van der Waals surface area contributed by atoms with Crippen LogP contribution in [0.5, 0.6) is 0 Å². The number of aromatic amines is 1. The number of likely N-dealkylation sites (tertiary alicyclic amines) is 1. The summed E-state index contributed by atoms with van der Waals surface area (Å²) in [6, 6.07) is 17.4. The first-order valence-corrected chi connectivity index (χ1v) is 9.71. The van der Waals surface area contributed by atoms with Gasteiger partial charge in [-0.2, -0.15) is 0 Å². The molecule has 0 spiro atoms. The molecule has 4 rings (SSSR count). The Morgan fingerprint density at radius 1 is 1.11 bits per heavy atom. The van der Waals surface area contributed by atoms with E-state index in [2.05, 4.69) is 17.1 Å². The van der Waals surface area contributed by atoms with Gasteiger partial charge in [0.25, 0.3) is 5.91 Å². The van der Waals surface area contributed by atoms with Crippen LogP contribution in [-0.2, 0) is 5.41 Å². The first kappa shape index (κ1) is 18.4. The van der Waals surface area contributed by atoms with Crippen LogP contribution in [0.4, 0.5) is 0 Å². The lowest BCUT2D eigenvalue weighted by atomic mass is 9.73. The molecule has 28 heavy (non-hydrogen) atoms. The zero-order valence-corrected chi connectivity index (χ0v) is 16.1. The Kier molecular flexibility index (Phi) is 4.77. The van der Waals surface area contributed by atoms with Gasteiger partial charge in [0.15, 0.2) is 5.43 Å². The number of aryl methyl sites for hydroxylation is 1. The summed E-state index contributed by atoms with van der Waals surface area (Å²) in [6.45, 7) is 3.76. The number of nitrogens with one attached hydrogen (secondary N) is 1. The van der Waals surface area contributed by atoms with Crippen molar-refractivity contribution in [3.63, 3.8) is 0 Å². The van der Waals surface area contributed by atoms with Gasteiger partial charge in [-0.3, -0.25) is 9.59 Å². The highest BCUT2D eigenvalue weighted by molar-refractivity contribution is 5.95. The number of nitrogens with zero attached hydrogens (tertiary/aromatic N) is 1. The van der Waals surface area contributed by atoms with Crippen LogP contribution in [-0.4, -0.2) is 35.4 Å². The van der Waals surface area contributed by atoms with Crippen molar-refractivity contribution in [1.82, 2.24) is 9.88 Å². The summed E-state index contributed by atoms with van der Waals surface area (Å²) in [5.74, 6) is -0.127. The molecule has 0 saturated carbocycles. The Morgan fingerprint density at radius 3 is 2.50 bits per heavy atom. The number of piperidine rings is 1. The van der Waals surface area contributed by atoms with Crippen molar-refractivity contribution in [2.24, 2.45) is 5.73 Å². The average molecular weight is 375 g/mol. The van der Waals surface area contributed by atoms with E-state index < -0.39 is 0 Å². The average Bonchev–Trinajstić information content (AvgIpc) is 2.74. The Hall–Kier alpha value is -2.92. The third kappa shape index (κ3) is 3.22. The fraction of sp³-hybridized carbons (Fsp3) is 0.304. The van der Waals surface area contributed by atoms with Gasteiger partial charge in [0, 0.05) is 42.0 Å². The van der Waals surface area contributed by atoms with E-state index in [1.54, 1.807) is 0 Å². The molecule has 3 N–H and O–H groups in total. The largest absolute Gasteiger partial charge is 0.350 e. The summed E-state index contributed by atoms with van der Waals surface area (Å²) >= 11 is 0. The molecule has 144 valence electrons. The fourth-order valence-electron chi connectivity index (χ4n) is 4.19. The van der Waals surface area contributed by atoms with Crippen molar-refractivity contribution in [2.45, 2.75) is 25.2 Å². The Morgan fingerprint density at radius 2 is 1.82 bits per heavy atom. The number of aromatic nitrogens is 1. The van der Waals surface area contributed by atoms with Gasteiger partial charge in [-0.15, -0.1) is 0 Å². The lowest BCUT2D eigenvalue weighted by Gasteiger charge is -2.41. The first-order valence-electron chi connectivity index (χ1n) is 9.71. The summed E-state index contributed by atoms with van der Waals surface area (Å²) in [7, 11) is 0. The molecule has 1 amide bonds. The predicted molar refractivity (Wildman–Crippen MR) is 112 cm³/mol. The molecule has 1 fully saturated rings. The second-order valence-electron chi connectivity index (χ2n) is 7.74. The molecular formula is C23H25N3O2. The molecule has 1 aromatic heterocycles. The maximum absolute atomic E-state index is 13.0. The second-order valence-corrected chi connectivity index (χ2v) is 7.74. The number of hydrogen-bond donors (Lipinski definition) is 2. The summed E-state index contributed by atoms with van der Waals surface area (Å²) < 4.78 is 0. The SMILES string of the molecule is Cc1ccc2[nH]c(C(=O)N3CCC(CN)(c4ccccc4)CC3)cc(=O)c2c1. The molecule has 0 unspecified atom stereocenters. The number of fused-ring (bicyclic) bond motifs is 1. The van der Waals surface area contributed by atoms with Crippen LogP contribution in [0.15, 0.2) is 59.4 Å². The highest BCUT2D eigenvalue weighted by Crippen LogP contribution is 2.34. The molecule has 1 aliphatic rings. The highest BCUT2D eigenvalue weighted by atomic mass is 16.2. The van der Waals surface area contributed by atoms with E-state index in [4.69, 9.17) is 5.73 Å². The minimum atomic E-state index is -0.127. The third-order valence-electron chi connectivity index (χ3n) is 6.00. The molecular weight excluding hydrogens is 350 g/mol. The number of amides is 1. The van der Waals surface area contributed by atoms with Gasteiger partial charge >= 0.3 is 0 Å². The number of benzene rings is 2. The summed E-state index contributed by atoms with van der Waals surface area (Å²) in [5.41, 5.74) is 9.23. The van der Waals surface area contributed by atoms with Crippen LogP contribution in [0.1, 0.15) is 34.5 Å². The molecule has 0 atom stereocenters. The number of carbonyl (C=O) groups is 1. The molecule has 5 heteroatoms. The molecule has 0 bridgehead atoms. The number of carbonyl (C=O) groups excluding carboxylic acids is 1. The molecule has 1 aliphatic heterocycles. The van der Waals surface area contributed by atoms with Crippen molar-refractivity contribution >= 4 is 16.8 Å². The van der Waals surface area contributed by atoms with E-state index in [1.165, 1.54) is 11.6 Å². The minimum absolute atomic E-state index is 0.0909. The van der Waals surface area contributed by atoms with Crippen LogP contribution in [0.3, 0.4) is 0 Å². The minimum Gasteiger partial charge on any atom is -0.350 e.